The molecule has 1 fully saturated rings. The molecule has 0 radical (unpaired) electrons. The predicted molar refractivity (Wildman–Crippen MR) is 71.6 cm³/mol. The van der Waals surface area contributed by atoms with Crippen molar-refractivity contribution in [1.29, 1.82) is 0 Å². The van der Waals surface area contributed by atoms with Crippen LogP contribution in [-0.2, 0) is 4.74 Å². The van der Waals surface area contributed by atoms with E-state index < -0.39 is 0 Å². The van der Waals surface area contributed by atoms with Crippen molar-refractivity contribution >= 4 is 11.6 Å². The molecule has 1 heterocycles. The van der Waals surface area contributed by atoms with Crippen molar-refractivity contribution < 1.29 is 9.47 Å². The fourth-order valence-corrected chi connectivity index (χ4v) is 2.60. The molecule has 1 aromatic carbocycles. The Labute approximate surface area is 112 Å². The van der Waals surface area contributed by atoms with Crippen molar-refractivity contribution in [3.63, 3.8) is 0 Å². The van der Waals surface area contributed by atoms with E-state index in [9.17, 15) is 0 Å². The minimum Gasteiger partial charge on any atom is -0.496 e. The third-order valence-electron chi connectivity index (χ3n) is 3.34. The molecule has 1 aliphatic heterocycles. The SMILES string of the molecule is COc1ccc(Cl)cc1C(NN)C1CCC(C)O1. The zero-order valence-electron chi connectivity index (χ0n) is 10.7. The lowest BCUT2D eigenvalue weighted by molar-refractivity contribution is 0.0311. The van der Waals surface area contributed by atoms with Crippen LogP contribution in [0.3, 0.4) is 0 Å². The molecular weight excluding hydrogens is 252 g/mol. The highest BCUT2D eigenvalue weighted by molar-refractivity contribution is 6.30. The number of methoxy groups -OCH3 is 1. The van der Waals surface area contributed by atoms with Crippen LogP contribution in [-0.4, -0.2) is 19.3 Å². The fraction of sp³-hybridized carbons (Fsp3) is 0.538. The van der Waals surface area contributed by atoms with Crippen molar-refractivity contribution in [1.82, 2.24) is 5.43 Å². The standard InChI is InChI=1S/C13H19ClN2O2/c1-8-3-5-12(18-8)13(16-15)10-7-9(14)4-6-11(10)17-2/h4,6-8,12-13,16H,3,5,15H2,1-2H3. The minimum absolute atomic E-state index is 0.0531. The van der Waals surface area contributed by atoms with Gasteiger partial charge in [-0.15, -0.1) is 0 Å². The number of nitrogens with two attached hydrogens (primary N) is 1. The van der Waals surface area contributed by atoms with Crippen molar-refractivity contribution in [3.8, 4) is 5.75 Å². The van der Waals surface area contributed by atoms with Crippen molar-refractivity contribution in [2.45, 2.75) is 38.0 Å². The molecule has 1 saturated heterocycles. The van der Waals surface area contributed by atoms with E-state index in [2.05, 4.69) is 12.3 Å². The summed E-state index contributed by atoms with van der Waals surface area (Å²) in [6.45, 7) is 2.07. The summed E-state index contributed by atoms with van der Waals surface area (Å²) in [5, 5.41) is 0.664. The first-order chi connectivity index (χ1) is 8.65. The Kier molecular flexibility index (Phi) is 4.45. The zero-order chi connectivity index (χ0) is 13.1. The Balaban J connectivity index is 2.29. The predicted octanol–water partition coefficient (Wildman–Crippen LogP) is 2.42. The number of hydrogen-bond donors (Lipinski definition) is 2. The molecular formula is C13H19ClN2O2. The maximum absolute atomic E-state index is 6.05. The summed E-state index contributed by atoms with van der Waals surface area (Å²) in [6, 6.07) is 5.41. The maximum Gasteiger partial charge on any atom is 0.123 e. The lowest BCUT2D eigenvalue weighted by Crippen LogP contribution is -2.36. The summed E-state index contributed by atoms with van der Waals surface area (Å²) in [4.78, 5) is 0. The van der Waals surface area contributed by atoms with Gasteiger partial charge in [0.25, 0.3) is 0 Å². The lowest BCUT2D eigenvalue weighted by atomic mass is 9.99. The Morgan fingerprint density at radius 2 is 2.28 bits per heavy atom. The maximum atomic E-state index is 6.05. The largest absolute Gasteiger partial charge is 0.496 e. The van der Waals surface area contributed by atoms with Gasteiger partial charge in [0.2, 0.25) is 0 Å². The quantitative estimate of drug-likeness (QED) is 0.652. The van der Waals surface area contributed by atoms with E-state index >= 15 is 0 Å². The van der Waals surface area contributed by atoms with Gasteiger partial charge in [0.05, 0.1) is 25.4 Å². The van der Waals surface area contributed by atoms with E-state index in [1.807, 2.05) is 12.1 Å². The first-order valence-electron chi connectivity index (χ1n) is 6.10. The highest BCUT2D eigenvalue weighted by Gasteiger charge is 2.31. The van der Waals surface area contributed by atoms with Crippen LogP contribution in [0.2, 0.25) is 5.02 Å². The van der Waals surface area contributed by atoms with Gasteiger partial charge in [0.1, 0.15) is 5.75 Å². The van der Waals surface area contributed by atoms with Crippen LogP contribution in [0.4, 0.5) is 0 Å². The molecule has 1 aromatic rings. The third kappa shape index (κ3) is 2.78. The van der Waals surface area contributed by atoms with Gasteiger partial charge in [-0.05, 0) is 38.0 Å². The molecule has 18 heavy (non-hydrogen) atoms. The molecule has 0 amide bonds. The van der Waals surface area contributed by atoms with Gasteiger partial charge in [-0.1, -0.05) is 11.6 Å². The van der Waals surface area contributed by atoms with Gasteiger partial charge >= 0.3 is 0 Å². The first-order valence-corrected chi connectivity index (χ1v) is 6.48. The molecule has 0 spiro atoms. The Morgan fingerprint density at radius 3 is 2.83 bits per heavy atom. The van der Waals surface area contributed by atoms with Crippen molar-refractivity contribution in [2.75, 3.05) is 7.11 Å². The second-order valence-corrected chi connectivity index (χ2v) is 5.03. The summed E-state index contributed by atoms with van der Waals surface area (Å²) < 4.78 is 11.2. The average Bonchev–Trinajstić information content (AvgIpc) is 2.77. The van der Waals surface area contributed by atoms with Gasteiger partial charge in [-0.3, -0.25) is 11.3 Å². The van der Waals surface area contributed by atoms with Crippen LogP contribution in [0.1, 0.15) is 31.4 Å². The molecule has 5 heteroatoms. The van der Waals surface area contributed by atoms with Crippen LogP contribution in [0.5, 0.6) is 5.75 Å². The van der Waals surface area contributed by atoms with Crippen molar-refractivity contribution in [3.05, 3.63) is 28.8 Å². The van der Waals surface area contributed by atoms with E-state index in [0.717, 1.165) is 24.2 Å². The summed E-state index contributed by atoms with van der Waals surface area (Å²) in [7, 11) is 1.64. The van der Waals surface area contributed by atoms with Gasteiger partial charge < -0.3 is 9.47 Å². The molecule has 3 atom stereocenters. The molecule has 0 bridgehead atoms. The normalized spacial score (nSPS) is 25.1. The van der Waals surface area contributed by atoms with E-state index in [1.54, 1.807) is 13.2 Å². The number of hydrogen-bond acceptors (Lipinski definition) is 4. The zero-order valence-corrected chi connectivity index (χ0v) is 11.4. The van der Waals surface area contributed by atoms with Crippen LogP contribution in [0, 0.1) is 0 Å². The first kappa shape index (κ1) is 13.6. The number of nitrogens with one attached hydrogen (secondary N) is 1. The molecule has 3 unspecified atom stereocenters. The van der Waals surface area contributed by atoms with Crippen LogP contribution in [0.25, 0.3) is 0 Å². The molecule has 1 aliphatic rings. The Hall–Kier alpha value is -0.810. The third-order valence-corrected chi connectivity index (χ3v) is 3.58. The van der Waals surface area contributed by atoms with Gasteiger partial charge in [-0.2, -0.15) is 0 Å². The lowest BCUT2D eigenvalue weighted by Gasteiger charge is -2.25. The van der Waals surface area contributed by atoms with Crippen LogP contribution >= 0.6 is 11.6 Å². The molecule has 0 aromatic heterocycles. The number of halogens is 1. The van der Waals surface area contributed by atoms with Gasteiger partial charge in [0.15, 0.2) is 0 Å². The summed E-state index contributed by atoms with van der Waals surface area (Å²) in [6.07, 6.45) is 2.35. The Morgan fingerprint density at radius 1 is 1.50 bits per heavy atom. The van der Waals surface area contributed by atoms with E-state index in [-0.39, 0.29) is 18.2 Å². The summed E-state index contributed by atoms with van der Waals surface area (Å²) in [5.74, 6) is 6.44. The smallest absolute Gasteiger partial charge is 0.123 e. The molecule has 0 aliphatic carbocycles. The number of ether oxygens (including phenoxy) is 2. The number of rotatable bonds is 4. The number of hydrazine groups is 1. The monoisotopic (exact) mass is 270 g/mol. The summed E-state index contributed by atoms with van der Waals surface area (Å²) >= 11 is 6.05. The van der Waals surface area contributed by atoms with Crippen molar-refractivity contribution in [2.24, 2.45) is 5.84 Å². The Bertz CT molecular complexity index is 414. The molecule has 2 rings (SSSR count). The highest BCUT2D eigenvalue weighted by atomic mass is 35.5. The topological polar surface area (TPSA) is 56.5 Å². The van der Waals surface area contributed by atoms with E-state index in [4.69, 9.17) is 26.9 Å². The van der Waals surface area contributed by atoms with Gasteiger partial charge in [0, 0.05) is 10.6 Å². The minimum atomic E-state index is -0.108. The number of benzene rings is 1. The summed E-state index contributed by atoms with van der Waals surface area (Å²) in [5.41, 5.74) is 3.76. The second-order valence-electron chi connectivity index (χ2n) is 4.59. The average molecular weight is 271 g/mol. The van der Waals surface area contributed by atoms with Gasteiger partial charge in [-0.25, -0.2) is 0 Å². The molecule has 4 nitrogen and oxygen atoms in total. The second kappa shape index (κ2) is 5.89. The van der Waals surface area contributed by atoms with Crippen LogP contribution in [0.15, 0.2) is 18.2 Å². The van der Waals surface area contributed by atoms with E-state index in [0.29, 0.717) is 5.02 Å². The molecule has 100 valence electrons. The highest BCUT2D eigenvalue weighted by Crippen LogP contribution is 2.35. The molecule has 3 N–H and O–H groups in total. The molecule has 0 saturated carbocycles. The fourth-order valence-electron chi connectivity index (χ4n) is 2.42. The van der Waals surface area contributed by atoms with Crippen LogP contribution < -0.4 is 16.0 Å². The van der Waals surface area contributed by atoms with E-state index in [1.165, 1.54) is 0 Å².